The maximum absolute atomic E-state index is 12.5. The van der Waals surface area contributed by atoms with Gasteiger partial charge in [-0.2, -0.15) is 0 Å². The molecule has 128 valence electrons. The molecule has 6 nitrogen and oxygen atoms in total. The summed E-state index contributed by atoms with van der Waals surface area (Å²) < 4.78 is 0. The summed E-state index contributed by atoms with van der Waals surface area (Å²) in [7, 11) is 0. The van der Waals surface area contributed by atoms with E-state index in [9.17, 15) is 19.2 Å². The van der Waals surface area contributed by atoms with Crippen LogP contribution in [0.25, 0.3) is 0 Å². The molecule has 0 bridgehead atoms. The standard InChI is InChI=1S/C19H18N2O4/c1-12(22)15-9-16(13(2)23)11-18(10-15)21(14(3)24)19(25)20-17-7-5-4-6-8-17/h4-11H,1-3H3,(H,20,25). The molecule has 0 aliphatic rings. The molecule has 0 unspecified atom stereocenters. The highest BCUT2D eigenvalue weighted by atomic mass is 16.2. The molecule has 6 heteroatoms. The lowest BCUT2D eigenvalue weighted by Gasteiger charge is -2.21. The van der Waals surface area contributed by atoms with Crippen molar-refractivity contribution in [2.75, 3.05) is 10.2 Å². The Morgan fingerprint density at radius 1 is 0.800 bits per heavy atom. The smallest absolute Gasteiger partial charge is 0.307 e. The number of hydrogen-bond donors (Lipinski definition) is 1. The van der Waals surface area contributed by atoms with Crippen molar-refractivity contribution >= 4 is 34.9 Å². The lowest BCUT2D eigenvalue weighted by Crippen LogP contribution is -2.38. The van der Waals surface area contributed by atoms with E-state index in [2.05, 4.69) is 5.32 Å². The van der Waals surface area contributed by atoms with Gasteiger partial charge in [0.2, 0.25) is 5.91 Å². The number of ketones is 2. The molecular formula is C19H18N2O4. The van der Waals surface area contributed by atoms with E-state index in [0.29, 0.717) is 5.69 Å². The zero-order valence-corrected chi connectivity index (χ0v) is 14.2. The van der Waals surface area contributed by atoms with Crippen LogP contribution in [0.3, 0.4) is 0 Å². The molecule has 2 aromatic carbocycles. The van der Waals surface area contributed by atoms with E-state index in [4.69, 9.17) is 0 Å². The van der Waals surface area contributed by atoms with Gasteiger partial charge in [-0.1, -0.05) is 18.2 Å². The van der Waals surface area contributed by atoms with Gasteiger partial charge in [-0.15, -0.1) is 0 Å². The number of hydrogen-bond acceptors (Lipinski definition) is 4. The fourth-order valence-corrected chi connectivity index (χ4v) is 2.29. The van der Waals surface area contributed by atoms with Gasteiger partial charge in [0, 0.05) is 23.7 Å². The van der Waals surface area contributed by atoms with E-state index in [1.54, 1.807) is 30.3 Å². The maximum atomic E-state index is 12.5. The molecule has 0 saturated heterocycles. The summed E-state index contributed by atoms with van der Waals surface area (Å²) in [6.45, 7) is 3.94. The first kappa shape index (κ1) is 18.1. The van der Waals surface area contributed by atoms with Crippen LogP contribution >= 0.6 is 0 Å². The minimum Gasteiger partial charge on any atom is -0.307 e. The third-order valence-corrected chi connectivity index (χ3v) is 3.53. The van der Waals surface area contributed by atoms with E-state index in [1.807, 2.05) is 0 Å². The number of rotatable bonds is 4. The van der Waals surface area contributed by atoms with Gasteiger partial charge in [-0.05, 0) is 44.2 Å². The van der Waals surface area contributed by atoms with Crippen molar-refractivity contribution in [2.24, 2.45) is 0 Å². The average molecular weight is 338 g/mol. The van der Waals surface area contributed by atoms with E-state index in [1.165, 1.54) is 39.0 Å². The molecule has 0 spiro atoms. The van der Waals surface area contributed by atoms with Crippen molar-refractivity contribution < 1.29 is 19.2 Å². The van der Waals surface area contributed by atoms with E-state index < -0.39 is 11.9 Å². The molecule has 0 aromatic heterocycles. The third-order valence-electron chi connectivity index (χ3n) is 3.53. The first-order valence-electron chi connectivity index (χ1n) is 7.63. The third kappa shape index (κ3) is 4.38. The highest BCUT2D eigenvalue weighted by Gasteiger charge is 2.22. The minimum atomic E-state index is -0.672. The Morgan fingerprint density at radius 3 is 1.76 bits per heavy atom. The second kappa shape index (κ2) is 7.53. The van der Waals surface area contributed by atoms with Crippen LogP contribution in [0.5, 0.6) is 0 Å². The number of nitrogens with one attached hydrogen (secondary N) is 1. The number of urea groups is 1. The lowest BCUT2D eigenvalue weighted by atomic mass is 10.0. The van der Waals surface area contributed by atoms with Gasteiger partial charge >= 0.3 is 6.03 Å². The SMILES string of the molecule is CC(=O)c1cc(C(C)=O)cc(N(C(C)=O)C(=O)Nc2ccccc2)c1. The molecule has 0 radical (unpaired) electrons. The zero-order valence-electron chi connectivity index (χ0n) is 14.2. The molecule has 0 aliphatic heterocycles. The van der Waals surface area contributed by atoms with Gasteiger partial charge in [0.05, 0.1) is 5.69 Å². The Morgan fingerprint density at radius 2 is 1.32 bits per heavy atom. The minimum absolute atomic E-state index is 0.166. The number of carbonyl (C=O) groups excluding carboxylic acids is 4. The fourth-order valence-electron chi connectivity index (χ4n) is 2.29. The summed E-state index contributed by atoms with van der Waals surface area (Å²) >= 11 is 0. The summed E-state index contributed by atoms with van der Waals surface area (Å²) in [5.74, 6) is -1.07. The number of Topliss-reactive ketones (excluding diaryl/α,β-unsaturated/α-hetero) is 2. The number of nitrogens with zero attached hydrogens (tertiary/aromatic N) is 1. The Bertz CT molecular complexity index is 812. The number of anilines is 2. The van der Waals surface area contributed by atoms with Gasteiger partial charge in [0.15, 0.2) is 11.6 Å². The Balaban J connectivity index is 2.46. The Hall–Kier alpha value is -3.28. The van der Waals surface area contributed by atoms with Crippen molar-refractivity contribution in [3.05, 3.63) is 59.7 Å². The fraction of sp³-hybridized carbons (Fsp3) is 0.158. The normalized spacial score (nSPS) is 10.0. The van der Waals surface area contributed by atoms with E-state index in [0.717, 1.165) is 4.90 Å². The second-order valence-corrected chi connectivity index (χ2v) is 5.53. The van der Waals surface area contributed by atoms with Gasteiger partial charge in [-0.3, -0.25) is 14.4 Å². The predicted molar refractivity (Wildman–Crippen MR) is 95.1 cm³/mol. The summed E-state index contributed by atoms with van der Waals surface area (Å²) in [6.07, 6.45) is 0. The highest BCUT2D eigenvalue weighted by Crippen LogP contribution is 2.22. The second-order valence-electron chi connectivity index (χ2n) is 5.53. The largest absolute Gasteiger partial charge is 0.333 e. The Kier molecular flexibility index (Phi) is 5.44. The van der Waals surface area contributed by atoms with Crippen molar-refractivity contribution in [1.29, 1.82) is 0 Å². The highest BCUT2D eigenvalue weighted by molar-refractivity contribution is 6.18. The number of imide groups is 1. The topological polar surface area (TPSA) is 83.6 Å². The van der Waals surface area contributed by atoms with E-state index in [-0.39, 0.29) is 28.4 Å². The molecular weight excluding hydrogens is 320 g/mol. The monoisotopic (exact) mass is 338 g/mol. The van der Waals surface area contributed by atoms with Crippen molar-refractivity contribution in [3.8, 4) is 0 Å². The molecule has 3 amide bonds. The molecule has 2 rings (SSSR count). The van der Waals surface area contributed by atoms with Crippen LogP contribution in [-0.4, -0.2) is 23.5 Å². The van der Waals surface area contributed by atoms with Crippen LogP contribution in [0.1, 0.15) is 41.5 Å². The van der Waals surface area contributed by atoms with Gasteiger partial charge < -0.3 is 5.32 Å². The Labute approximate surface area is 145 Å². The van der Waals surface area contributed by atoms with Crippen LogP contribution in [-0.2, 0) is 4.79 Å². The van der Waals surface area contributed by atoms with Crippen LogP contribution in [0.15, 0.2) is 48.5 Å². The quantitative estimate of drug-likeness (QED) is 0.862. The summed E-state index contributed by atoms with van der Waals surface area (Å²) in [6, 6.07) is 12.3. The molecule has 2 aromatic rings. The summed E-state index contributed by atoms with van der Waals surface area (Å²) in [4.78, 5) is 48.9. The number of para-hydroxylation sites is 1. The number of benzene rings is 2. The molecule has 0 saturated carbocycles. The van der Waals surface area contributed by atoms with Gasteiger partial charge in [-0.25, -0.2) is 9.69 Å². The van der Waals surface area contributed by atoms with Crippen LogP contribution < -0.4 is 10.2 Å². The molecule has 1 N–H and O–H groups in total. The van der Waals surface area contributed by atoms with Gasteiger partial charge in [0.1, 0.15) is 0 Å². The van der Waals surface area contributed by atoms with Crippen molar-refractivity contribution in [3.63, 3.8) is 0 Å². The number of amides is 3. The first-order chi connectivity index (χ1) is 11.8. The summed E-state index contributed by atoms with van der Waals surface area (Å²) in [5, 5.41) is 2.62. The number of carbonyl (C=O) groups is 4. The zero-order chi connectivity index (χ0) is 18.6. The van der Waals surface area contributed by atoms with Crippen molar-refractivity contribution in [1.82, 2.24) is 0 Å². The summed E-state index contributed by atoms with van der Waals surface area (Å²) in [5.41, 5.74) is 1.19. The lowest BCUT2D eigenvalue weighted by molar-refractivity contribution is -0.115. The molecule has 0 fully saturated rings. The predicted octanol–water partition coefficient (Wildman–Crippen LogP) is 3.68. The first-order valence-corrected chi connectivity index (χ1v) is 7.63. The average Bonchev–Trinajstić information content (AvgIpc) is 2.55. The van der Waals surface area contributed by atoms with Gasteiger partial charge in [0.25, 0.3) is 0 Å². The molecule has 25 heavy (non-hydrogen) atoms. The van der Waals surface area contributed by atoms with E-state index >= 15 is 0 Å². The van der Waals surface area contributed by atoms with Crippen molar-refractivity contribution in [2.45, 2.75) is 20.8 Å². The van der Waals surface area contributed by atoms with Crippen LogP contribution in [0.2, 0.25) is 0 Å². The molecule has 0 aliphatic carbocycles. The van der Waals surface area contributed by atoms with Crippen LogP contribution in [0.4, 0.5) is 16.2 Å². The maximum Gasteiger partial charge on any atom is 0.333 e. The molecule has 0 atom stereocenters. The molecule has 0 heterocycles. The van der Waals surface area contributed by atoms with Crippen LogP contribution in [0, 0.1) is 0 Å².